The van der Waals surface area contributed by atoms with Gasteiger partial charge in [0.25, 0.3) is 15.9 Å². The molecule has 1 N–H and O–H groups in total. The molecule has 0 atom stereocenters. The zero-order chi connectivity index (χ0) is 32.7. The van der Waals surface area contributed by atoms with Crippen LogP contribution in [-0.4, -0.2) is 75.0 Å². The number of hydrogen-bond donors (Lipinski definition) is 1. The van der Waals surface area contributed by atoms with Crippen molar-refractivity contribution in [2.24, 2.45) is 0 Å². The van der Waals surface area contributed by atoms with Crippen molar-refractivity contribution in [3.05, 3.63) is 71.0 Å². The van der Waals surface area contributed by atoms with Gasteiger partial charge in [-0.05, 0) is 51.2 Å². The summed E-state index contributed by atoms with van der Waals surface area (Å²) in [6.07, 6.45) is 3.13. The van der Waals surface area contributed by atoms with E-state index in [0.717, 1.165) is 5.56 Å². The minimum absolute atomic E-state index is 0.00171. The summed E-state index contributed by atoms with van der Waals surface area (Å²) in [5.74, 6) is 0.762. The van der Waals surface area contributed by atoms with Crippen LogP contribution in [0, 0.1) is 0 Å². The molecular formula is C31H35BrN6O7S. The Bertz CT molecular complexity index is 1730. The molecular weight excluding hydrogens is 680 g/mol. The van der Waals surface area contributed by atoms with Crippen molar-refractivity contribution in [2.45, 2.75) is 31.1 Å². The number of ether oxygens (including phenoxy) is 5. The molecule has 46 heavy (non-hydrogen) atoms. The topological polar surface area (TPSA) is 147 Å². The summed E-state index contributed by atoms with van der Waals surface area (Å²) in [6.45, 7) is 8.15. The summed E-state index contributed by atoms with van der Waals surface area (Å²) in [5, 5.41) is 0. The Kier molecular flexibility index (Phi) is 10.4. The lowest BCUT2D eigenvalue weighted by Crippen LogP contribution is -2.37. The highest BCUT2D eigenvalue weighted by Gasteiger charge is 2.27. The van der Waals surface area contributed by atoms with Gasteiger partial charge in [-0.1, -0.05) is 45.0 Å². The maximum absolute atomic E-state index is 13.8. The Morgan fingerprint density at radius 2 is 1.59 bits per heavy atom. The van der Waals surface area contributed by atoms with Gasteiger partial charge in [-0.2, -0.15) is 9.97 Å². The van der Waals surface area contributed by atoms with Crippen molar-refractivity contribution in [1.82, 2.24) is 19.9 Å². The van der Waals surface area contributed by atoms with Crippen molar-refractivity contribution >= 4 is 37.7 Å². The predicted molar refractivity (Wildman–Crippen MR) is 175 cm³/mol. The van der Waals surface area contributed by atoms with E-state index >= 15 is 0 Å². The first-order valence-electron chi connectivity index (χ1n) is 14.5. The SMILES string of the molecule is COc1ccccc1Oc1c(NS(=O)(=O)c2ccc(C(C)(C)C)cc2)nc(N2CCOCC2)nc1OCCOc1ncc(Br)cn1. The van der Waals surface area contributed by atoms with Gasteiger partial charge in [0.2, 0.25) is 11.7 Å². The van der Waals surface area contributed by atoms with E-state index in [9.17, 15) is 8.42 Å². The van der Waals surface area contributed by atoms with Gasteiger partial charge >= 0.3 is 6.01 Å². The molecule has 1 fully saturated rings. The highest BCUT2D eigenvalue weighted by Crippen LogP contribution is 2.41. The minimum atomic E-state index is -4.13. The highest BCUT2D eigenvalue weighted by molar-refractivity contribution is 9.10. The maximum Gasteiger partial charge on any atom is 0.316 e. The number of sulfonamides is 1. The Labute approximate surface area is 276 Å². The summed E-state index contributed by atoms with van der Waals surface area (Å²) in [5.41, 5.74) is 0.847. The van der Waals surface area contributed by atoms with Crippen LogP contribution in [-0.2, 0) is 20.2 Å². The van der Waals surface area contributed by atoms with Crippen molar-refractivity contribution in [3.63, 3.8) is 0 Å². The minimum Gasteiger partial charge on any atom is -0.493 e. The fraction of sp³-hybridized carbons (Fsp3) is 0.355. The summed E-state index contributed by atoms with van der Waals surface area (Å²) >= 11 is 3.29. The number of anilines is 2. The van der Waals surface area contributed by atoms with Crippen LogP contribution in [0.2, 0.25) is 0 Å². The van der Waals surface area contributed by atoms with Crippen molar-refractivity contribution in [1.29, 1.82) is 0 Å². The zero-order valence-corrected chi connectivity index (χ0v) is 28.3. The van der Waals surface area contributed by atoms with E-state index in [4.69, 9.17) is 23.7 Å². The lowest BCUT2D eigenvalue weighted by atomic mass is 9.87. The average Bonchev–Trinajstić information content (AvgIpc) is 3.05. The molecule has 4 aromatic rings. The average molecular weight is 716 g/mol. The molecule has 244 valence electrons. The smallest absolute Gasteiger partial charge is 0.316 e. The van der Waals surface area contributed by atoms with Crippen LogP contribution in [0.3, 0.4) is 0 Å². The molecule has 5 rings (SSSR count). The van der Waals surface area contributed by atoms with Crippen LogP contribution in [0.15, 0.2) is 70.3 Å². The lowest BCUT2D eigenvalue weighted by molar-refractivity contribution is 0.122. The van der Waals surface area contributed by atoms with Crippen LogP contribution in [0.5, 0.6) is 29.1 Å². The third kappa shape index (κ3) is 8.33. The predicted octanol–water partition coefficient (Wildman–Crippen LogP) is 5.22. The van der Waals surface area contributed by atoms with Crippen LogP contribution in [0.1, 0.15) is 26.3 Å². The van der Waals surface area contributed by atoms with Crippen molar-refractivity contribution in [2.75, 3.05) is 56.2 Å². The molecule has 0 radical (unpaired) electrons. The number of methoxy groups -OCH3 is 1. The number of aromatic nitrogens is 4. The second-order valence-corrected chi connectivity index (χ2v) is 13.7. The first kappa shape index (κ1) is 33.2. The normalized spacial score (nSPS) is 13.6. The van der Waals surface area contributed by atoms with Crippen molar-refractivity contribution in [3.8, 4) is 29.1 Å². The van der Waals surface area contributed by atoms with Gasteiger partial charge in [0, 0.05) is 25.5 Å². The third-order valence-corrected chi connectivity index (χ3v) is 8.57. The van der Waals surface area contributed by atoms with Gasteiger partial charge < -0.3 is 28.6 Å². The molecule has 0 amide bonds. The summed E-state index contributed by atoms with van der Waals surface area (Å²) in [7, 11) is -2.63. The number of hydrogen-bond acceptors (Lipinski definition) is 12. The van der Waals surface area contributed by atoms with E-state index in [1.807, 2.05) is 4.90 Å². The Morgan fingerprint density at radius 1 is 0.935 bits per heavy atom. The lowest BCUT2D eigenvalue weighted by Gasteiger charge is -2.28. The Balaban J connectivity index is 1.53. The fourth-order valence-corrected chi connectivity index (χ4v) is 5.57. The van der Waals surface area contributed by atoms with E-state index in [1.165, 1.54) is 7.11 Å². The van der Waals surface area contributed by atoms with Gasteiger partial charge in [0.15, 0.2) is 17.3 Å². The van der Waals surface area contributed by atoms with Crippen molar-refractivity contribution < 1.29 is 32.1 Å². The zero-order valence-electron chi connectivity index (χ0n) is 25.9. The van der Waals surface area contributed by atoms with E-state index < -0.39 is 10.0 Å². The van der Waals surface area contributed by atoms with Crippen LogP contribution >= 0.6 is 15.9 Å². The first-order chi connectivity index (χ1) is 22.0. The summed E-state index contributed by atoms with van der Waals surface area (Å²) in [4.78, 5) is 19.4. The standard InChI is InChI=1S/C31H35BrN6O7S/c1-31(2,3)21-9-11-23(12-10-21)46(39,40)37-27-26(45-25-8-6-5-7-24(25)41-4)28(36-29(35-27)38-13-15-42-16-14-38)43-17-18-44-30-33-19-22(32)20-34-30/h5-12,19-20H,13-18H2,1-4H3,(H,35,36,37). The molecule has 0 bridgehead atoms. The summed E-state index contributed by atoms with van der Waals surface area (Å²) < 4.78 is 59.8. The Hall–Kier alpha value is -4.21. The van der Waals surface area contributed by atoms with Crippen LogP contribution in [0.4, 0.5) is 11.8 Å². The number of morpholine rings is 1. The van der Waals surface area contributed by atoms with Gasteiger partial charge in [-0.15, -0.1) is 0 Å². The van der Waals surface area contributed by atoms with Gasteiger partial charge in [-0.3, -0.25) is 4.72 Å². The largest absolute Gasteiger partial charge is 0.493 e. The van der Waals surface area contributed by atoms with E-state index in [-0.39, 0.29) is 52.9 Å². The number of halogens is 1. The number of nitrogens with one attached hydrogen (secondary N) is 1. The fourth-order valence-electron chi connectivity index (χ4n) is 4.36. The molecule has 2 aromatic heterocycles. The summed E-state index contributed by atoms with van der Waals surface area (Å²) in [6, 6.07) is 13.8. The monoisotopic (exact) mass is 714 g/mol. The number of para-hydroxylation sites is 2. The number of rotatable bonds is 12. The van der Waals surface area contributed by atoms with E-state index in [2.05, 4.69) is 61.4 Å². The number of benzene rings is 2. The molecule has 0 aliphatic carbocycles. The molecule has 2 aromatic carbocycles. The van der Waals surface area contributed by atoms with Gasteiger partial charge in [0.05, 0.1) is 29.7 Å². The molecule has 1 saturated heterocycles. The second kappa shape index (κ2) is 14.5. The van der Waals surface area contributed by atoms with Crippen LogP contribution in [0.25, 0.3) is 0 Å². The molecule has 15 heteroatoms. The molecule has 13 nitrogen and oxygen atoms in total. The molecule has 1 aliphatic heterocycles. The molecule has 3 heterocycles. The molecule has 1 aliphatic rings. The van der Waals surface area contributed by atoms with Gasteiger partial charge in [0.1, 0.15) is 13.2 Å². The molecule has 0 saturated carbocycles. The Morgan fingerprint density at radius 3 is 2.24 bits per heavy atom. The number of nitrogens with zero attached hydrogens (tertiary/aromatic N) is 5. The third-order valence-electron chi connectivity index (χ3n) is 6.81. The van der Waals surface area contributed by atoms with E-state index in [0.29, 0.717) is 42.3 Å². The van der Waals surface area contributed by atoms with Crippen LogP contribution < -0.4 is 28.6 Å². The van der Waals surface area contributed by atoms with E-state index in [1.54, 1.807) is 60.9 Å². The molecule has 0 spiro atoms. The maximum atomic E-state index is 13.8. The van der Waals surface area contributed by atoms with Gasteiger partial charge in [-0.25, -0.2) is 18.4 Å². The first-order valence-corrected chi connectivity index (χ1v) is 16.7. The highest BCUT2D eigenvalue weighted by atomic mass is 79.9. The molecule has 0 unspecified atom stereocenters. The second-order valence-electron chi connectivity index (χ2n) is 11.1. The quantitative estimate of drug-likeness (QED) is 0.192.